The summed E-state index contributed by atoms with van der Waals surface area (Å²) in [7, 11) is -1.79. The maximum absolute atomic E-state index is 12.5. The van der Waals surface area contributed by atoms with Crippen molar-refractivity contribution in [3.8, 4) is 0 Å². The maximum atomic E-state index is 12.5. The van der Waals surface area contributed by atoms with Crippen LogP contribution in [0.15, 0.2) is 6.07 Å². The van der Waals surface area contributed by atoms with Crippen molar-refractivity contribution in [1.82, 2.24) is 9.97 Å². The third-order valence-corrected chi connectivity index (χ3v) is 3.13. The van der Waals surface area contributed by atoms with E-state index in [1.807, 2.05) is 0 Å². The van der Waals surface area contributed by atoms with Gasteiger partial charge in [-0.15, -0.1) is 0 Å². The van der Waals surface area contributed by atoms with Gasteiger partial charge in [-0.2, -0.15) is 18.2 Å². The van der Waals surface area contributed by atoms with Crippen LogP contribution in [0.5, 0.6) is 0 Å². The predicted molar refractivity (Wildman–Crippen MR) is 64.4 cm³/mol. The van der Waals surface area contributed by atoms with E-state index in [1.54, 1.807) is 0 Å². The normalized spacial score (nSPS) is 12.5. The average molecular weight is 298 g/mol. The Kier molecular flexibility index (Phi) is 4.23. The summed E-state index contributed by atoms with van der Waals surface area (Å²) in [6.45, 7) is 0.00653. The fraction of sp³-hybridized carbons (Fsp3) is 0.556. The van der Waals surface area contributed by atoms with Crippen LogP contribution in [0.2, 0.25) is 0 Å². The van der Waals surface area contributed by atoms with Gasteiger partial charge in [0.25, 0.3) is 0 Å². The summed E-state index contributed by atoms with van der Waals surface area (Å²) < 4.78 is 59.6. The second kappa shape index (κ2) is 5.19. The van der Waals surface area contributed by atoms with E-state index in [9.17, 15) is 21.6 Å². The maximum Gasteiger partial charge on any atom is 0.433 e. The summed E-state index contributed by atoms with van der Waals surface area (Å²) in [4.78, 5) is 8.01. The fourth-order valence-corrected chi connectivity index (χ4v) is 1.82. The van der Waals surface area contributed by atoms with E-state index < -0.39 is 27.7 Å². The van der Waals surface area contributed by atoms with Gasteiger partial charge in [0.2, 0.25) is 5.95 Å². The lowest BCUT2D eigenvalue weighted by Crippen LogP contribution is -2.26. The highest BCUT2D eigenvalue weighted by Crippen LogP contribution is 2.29. The number of aromatic nitrogens is 2. The van der Waals surface area contributed by atoms with Crippen molar-refractivity contribution in [2.75, 3.05) is 36.2 Å². The Bertz CT molecular complexity index is 559. The number of sulfone groups is 1. The molecule has 0 atom stereocenters. The van der Waals surface area contributed by atoms with Crippen molar-refractivity contribution >= 4 is 21.6 Å². The Morgan fingerprint density at radius 1 is 1.37 bits per heavy atom. The van der Waals surface area contributed by atoms with Gasteiger partial charge in [0.15, 0.2) is 5.69 Å². The van der Waals surface area contributed by atoms with Gasteiger partial charge in [-0.25, -0.2) is 13.4 Å². The number of nitrogens with two attached hydrogens (primary N) is 1. The van der Waals surface area contributed by atoms with Gasteiger partial charge in [-0.3, -0.25) is 0 Å². The first-order chi connectivity index (χ1) is 8.49. The molecular formula is C9H13F3N4O2S. The van der Waals surface area contributed by atoms with E-state index >= 15 is 0 Å². The van der Waals surface area contributed by atoms with Crippen LogP contribution in [-0.2, 0) is 16.0 Å². The van der Waals surface area contributed by atoms with Crippen LogP contribution in [0.1, 0.15) is 5.69 Å². The zero-order chi connectivity index (χ0) is 14.8. The lowest BCUT2D eigenvalue weighted by molar-refractivity contribution is -0.141. The van der Waals surface area contributed by atoms with Crippen molar-refractivity contribution in [1.29, 1.82) is 0 Å². The van der Waals surface area contributed by atoms with Gasteiger partial charge in [0, 0.05) is 25.9 Å². The zero-order valence-electron chi connectivity index (χ0n) is 10.3. The van der Waals surface area contributed by atoms with Crippen LogP contribution in [0.25, 0.3) is 0 Å². The number of anilines is 2. The summed E-state index contributed by atoms with van der Waals surface area (Å²) in [5, 5.41) is 0. The molecule has 0 fully saturated rings. The number of nitrogens with zero attached hydrogens (tertiary/aromatic N) is 3. The van der Waals surface area contributed by atoms with E-state index in [0.717, 1.165) is 12.3 Å². The molecule has 19 heavy (non-hydrogen) atoms. The molecule has 0 bridgehead atoms. The minimum absolute atomic E-state index is 0.00653. The first-order valence-electron chi connectivity index (χ1n) is 5.09. The highest BCUT2D eigenvalue weighted by molar-refractivity contribution is 7.90. The molecule has 1 aromatic rings. The molecule has 2 N–H and O–H groups in total. The van der Waals surface area contributed by atoms with Crippen molar-refractivity contribution in [2.24, 2.45) is 0 Å². The second-order valence-corrected chi connectivity index (χ2v) is 6.28. The Balaban J connectivity index is 2.98. The van der Waals surface area contributed by atoms with Crippen molar-refractivity contribution in [3.63, 3.8) is 0 Å². The molecule has 6 nitrogen and oxygen atoms in total. The van der Waals surface area contributed by atoms with Gasteiger partial charge in [-0.1, -0.05) is 0 Å². The smallest absolute Gasteiger partial charge is 0.368 e. The van der Waals surface area contributed by atoms with Crippen LogP contribution < -0.4 is 10.6 Å². The first-order valence-corrected chi connectivity index (χ1v) is 7.16. The third kappa shape index (κ3) is 4.89. The second-order valence-electron chi connectivity index (χ2n) is 4.02. The minimum Gasteiger partial charge on any atom is -0.368 e. The molecule has 0 aromatic carbocycles. The molecule has 0 aliphatic heterocycles. The Hall–Kier alpha value is -1.58. The van der Waals surface area contributed by atoms with Crippen molar-refractivity contribution in [3.05, 3.63) is 11.8 Å². The number of hydrogen-bond donors (Lipinski definition) is 1. The average Bonchev–Trinajstić information content (AvgIpc) is 2.22. The summed E-state index contributed by atoms with van der Waals surface area (Å²) in [6, 6.07) is 0.721. The molecule has 0 saturated heterocycles. The molecule has 0 amide bonds. The van der Waals surface area contributed by atoms with Crippen molar-refractivity contribution in [2.45, 2.75) is 6.18 Å². The van der Waals surface area contributed by atoms with Gasteiger partial charge in [0.05, 0.1) is 5.75 Å². The standard InChI is InChI=1S/C9H13F3N4O2S/c1-16(3-4-19(2,17)18)7-5-6(9(10,11)12)14-8(13)15-7/h5H,3-4H2,1-2H3,(H2,13,14,15). The number of alkyl halides is 3. The van der Waals surface area contributed by atoms with Crippen LogP contribution >= 0.6 is 0 Å². The van der Waals surface area contributed by atoms with Gasteiger partial charge < -0.3 is 10.6 Å². The molecule has 1 rings (SSSR count). The molecule has 0 unspecified atom stereocenters. The number of halogens is 3. The molecule has 0 aliphatic carbocycles. The SMILES string of the molecule is CN(CCS(C)(=O)=O)c1cc(C(F)(F)F)nc(N)n1. The molecule has 10 heteroatoms. The number of hydrogen-bond acceptors (Lipinski definition) is 6. The monoisotopic (exact) mass is 298 g/mol. The molecule has 0 radical (unpaired) electrons. The van der Waals surface area contributed by atoms with E-state index in [2.05, 4.69) is 9.97 Å². The Labute approximate surface area is 108 Å². The van der Waals surface area contributed by atoms with E-state index in [-0.39, 0.29) is 18.1 Å². The number of nitrogen functional groups attached to an aromatic ring is 1. The number of rotatable bonds is 4. The van der Waals surface area contributed by atoms with E-state index in [4.69, 9.17) is 5.73 Å². The largest absolute Gasteiger partial charge is 0.433 e. The minimum atomic E-state index is -4.64. The van der Waals surface area contributed by atoms with Crippen LogP contribution in [-0.4, -0.2) is 44.0 Å². The lowest BCUT2D eigenvalue weighted by atomic mass is 10.3. The zero-order valence-corrected chi connectivity index (χ0v) is 11.1. The Morgan fingerprint density at radius 2 is 1.95 bits per heavy atom. The van der Waals surface area contributed by atoms with Gasteiger partial charge >= 0.3 is 6.18 Å². The fourth-order valence-electron chi connectivity index (χ4n) is 1.21. The lowest BCUT2D eigenvalue weighted by Gasteiger charge is -2.18. The quantitative estimate of drug-likeness (QED) is 0.873. The van der Waals surface area contributed by atoms with Gasteiger partial charge in [0.1, 0.15) is 15.7 Å². The van der Waals surface area contributed by atoms with E-state index in [1.165, 1.54) is 11.9 Å². The Morgan fingerprint density at radius 3 is 2.42 bits per heavy atom. The molecule has 0 aliphatic rings. The van der Waals surface area contributed by atoms with E-state index in [0.29, 0.717) is 0 Å². The first kappa shape index (κ1) is 15.5. The molecular weight excluding hydrogens is 285 g/mol. The summed E-state index contributed by atoms with van der Waals surface area (Å²) in [6.07, 6.45) is -3.60. The molecule has 108 valence electrons. The summed E-state index contributed by atoms with van der Waals surface area (Å²) in [5.41, 5.74) is 4.04. The predicted octanol–water partition coefficient (Wildman–Crippen LogP) is 0.558. The molecule has 1 aromatic heterocycles. The van der Waals surface area contributed by atoms with Crippen LogP contribution in [0.3, 0.4) is 0 Å². The highest BCUT2D eigenvalue weighted by Gasteiger charge is 2.33. The molecule has 0 spiro atoms. The summed E-state index contributed by atoms with van der Waals surface area (Å²) in [5.74, 6) is -0.797. The third-order valence-electron chi connectivity index (χ3n) is 2.21. The topological polar surface area (TPSA) is 89.2 Å². The molecule has 0 saturated carbocycles. The van der Waals surface area contributed by atoms with Gasteiger partial charge in [-0.05, 0) is 0 Å². The van der Waals surface area contributed by atoms with Crippen molar-refractivity contribution < 1.29 is 21.6 Å². The summed E-state index contributed by atoms with van der Waals surface area (Å²) >= 11 is 0. The molecule has 1 heterocycles. The van der Waals surface area contributed by atoms with Crippen LogP contribution in [0.4, 0.5) is 24.9 Å². The van der Waals surface area contributed by atoms with Crippen LogP contribution in [0, 0.1) is 0 Å². The highest BCUT2D eigenvalue weighted by atomic mass is 32.2.